The van der Waals surface area contributed by atoms with Gasteiger partial charge in [0.05, 0.1) is 31.3 Å². The highest BCUT2D eigenvalue weighted by molar-refractivity contribution is 5.87. The van der Waals surface area contributed by atoms with Crippen molar-refractivity contribution in [2.75, 3.05) is 33.4 Å². The van der Waals surface area contributed by atoms with Gasteiger partial charge in [-0.15, -0.1) is 0 Å². The summed E-state index contributed by atoms with van der Waals surface area (Å²) in [5, 5.41) is 8.84. The number of carboxylic acid groups (broad SMARTS) is 1. The Bertz CT molecular complexity index is 497. The first-order chi connectivity index (χ1) is 10.1. The van der Waals surface area contributed by atoms with E-state index < -0.39 is 5.97 Å². The fourth-order valence-electron chi connectivity index (χ4n) is 2.28. The first-order valence-corrected chi connectivity index (χ1v) is 6.80. The van der Waals surface area contributed by atoms with Gasteiger partial charge in [-0.1, -0.05) is 12.1 Å². The highest BCUT2D eigenvalue weighted by atomic mass is 16.5. The Hall–Kier alpha value is -1.92. The molecule has 1 heterocycles. The second kappa shape index (κ2) is 7.19. The van der Waals surface area contributed by atoms with Gasteiger partial charge in [-0.05, 0) is 17.7 Å². The van der Waals surface area contributed by atoms with Crippen LogP contribution in [0.2, 0.25) is 0 Å². The Morgan fingerprint density at radius 3 is 2.71 bits per heavy atom. The van der Waals surface area contributed by atoms with Crippen LogP contribution in [-0.2, 0) is 20.7 Å². The lowest BCUT2D eigenvalue weighted by atomic mass is 10.1. The van der Waals surface area contributed by atoms with Gasteiger partial charge in [0.15, 0.2) is 0 Å². The highest BCUT2D eigenvalue weighted by Crippen LogP contribution is 2.10. The molecular weight excluding hydrogens is 274 g/mol. The summed E-state index contributed by atoms with van der Waals surface area (Å²) in [5.41, 5.74) is 1.03. The average Bonchev–Trinajstić information content (AvgIpc) is 2.48. The molecule has 1 aliphatic heterocycles. The molecule has 114 valence electrons. The lowest BCUT2D eigenvalue weighted by Gasteiger charge is -2.32. The zero-order valence-corrected chi connectivity index (χ0v) is 11.9. The number of ether oxygens (including phenoxy) is 2. The summed E-state index contributed by atoms with van der Waals surface area (Å²) in [4.78, 5) is 24.8. The van der Waals surface area contributed by atoms with Gasteiger partial charge >= 0.3 is 5.97 Å². The standard InChI is InChI=1S/C15H19NO5/c1-20-10-13-9-16(6-7-21-13)14(17)8-11-2-4-12(5-3-11)15(18)19/h2-5,13H,6-10H2,1H3,(H,18,19). The van der Waals surface area contributed by atoms with Crippen molar-refractivity contribution < 1.29 is 24.2 Å². The second-order valence-corrected chi connectivity index (χ2v) is 4.97. The van der Waals surface area contributed by atoms with E-state index in [0.29, 0.717) is 26.3 Å². The molecule has 1 aromatic rings. The van der Waals surface area contributed by atoms with Crippen molar-refractivity contribution in [3.63, 3.8) is 0 Å². The molecule has 6 heteroatoms. The Kier molecular flexibility index (Phi) is 5.30. The third-order valence-electron chi connectivity index (χ3n) is 3.40. The van der Waals surface area contributed by atoms with E-state index in [1.165, 1.54) is 12.1 Å². The van der Waals surface area contributed by atoms with E-state index in [-0.39, 0.29) is 24.0 Å². The number of hydrogen-bond donors (Lipinski definition) is 1. The van der Waals surface area contributed by atoms with Crippen molar-refractivity contribution in [1.82, 2.24) is 4.90 Å². The SMILES string of the molecule is COCC1CN(C(=O)Cc2ccc(C(=O)O)cc2)CCO1. The van der Waals surface area contributed by atoms with Crippen LogP contribution in [0.4, 0.5) is 0 Å². The molecule has 0 spiro atoms. The van der Waals surface area contributed by atoms with Crippen LogP contribution in [0.25, 0.3) is 0 Å². The lowest BCUT2D eigenvalue weighted by Crippen LogP contribution is -2.47. The average molecular weight is 293 g/mol. The van der Waals surface area contributed by atoms with Crippen LogP contribution < -0.4 is 0 Å². The van der Waals surface area contributed by atoms with E-state index in [2.05, 4.69) is 0 Å². The predicted molar refractivity (Wildman–Crippen MR) is 75.3 cm³/mol. The number of benzene rings is 1. The number of nitrogens with zero attached hydrogens (tertiary/aromatic N) is 1. The molecule has 1 aliphatic rings. The Balaban J connectivity index is 1.92. The number of carbonyl (C=O) groups excluding carboxylic acids is 1. The normalized spacial score (nSPS) is 18.5. The fraction of sp³-hybridized carbons (Fsp3) is 0.467. The molecule has 0 aliphatic carbocycles. The molecule has 1 N–H and O–H groups in total. The monoisotopic (exact) mass is 293 g/mol. The molecule has 2 rings (SSSR count). The number of amides is 1. The molecule has 1 fully saturated rings. The number of rotatable bonds is 5. The van der Waals surface area contributed by atoms with Gasteiger partial charge in [0.1, 0.15) is 0 Å². The van der Waals surface area contributed by atoms with E-state index in [1.54, 1.807) is 24.1 Å². The van der Waals surface area contributed by atoms with Crippen LogP contribution in [-0.4, -0.2) is 61.4 Å². The van der Waals surface area contributed by atoms with Crippen molar-refractivity contribution in [2.45, 2.75) is 12.5 Å². The Labute approximate surface area is 123 Å². The quantitative estimate of drug-likeness (QED) is 0.869. The minimum Gasteiger partial charge on any atom is -0.478 e. The molecule has 21 heavy (non-hydrogen) atoms. The van der Waals surface area contributed by atoms with E-state index in [9.17, 15) is 9.59 Å². The number of aromatic carboxylic acids is 1. The van der Waals surface area contributed by atoms with Crippen LogP contribution in [0.5, 0.6) is 0 Å². The van der Waals surface area contributed by atoms with Crippen molar-refractivity contribution in [3.8, 4) is 0 Å². The first kappa shape index (κ1) is 15.5. The van der Waals surface area contributed by atoms with Gasteiger partial charge in [0.25, 0.3) is 0 Å². The molecular formula is C15H19NO5. The predicted octanol–water partition coefficient (Wildman–Crippen LogP) is 0.801. The third-order valence-corrected chi connectivity index (χ3v) is 3.40. The summed E-state index contributed by atoms with van der Waals surface area (Å²) in [5.74, 6) is -0.953. The van der Waals surface area contributed by atoms with Crippen LogP contribution in [0, 0.1) is 0 Å². The van der Waals surface area contributed by atoms with Gasteiger partial charge in [-0.2, -0.15) is 0 Å². The summed E-state index contributed by atoms with van der Waals surface area (Å²) in [6.45, 7) is 2.08. The number of carboxylic acids is 1. The lowest BCUT2D eigenvalue weighted by molar-refractivity contribution is -0.140. The number of morpholine rings is 1. The van der Waals surface area contributed by atoms with Crippen LogP contribution in [0.1, 0.15) is 15.9 Å². The van der Waals surface area contributed by atoms with E-state index in [4.69, 9.17) is 14.6 Å². The molecule has 1 saturated heterocycles. The third kappa shape index (κ3) is 4.27. The van der Waals surface area contributed by atoms with Crippen LogP contribution in [0.3, 0.4) is 0 Å². The van der Waals surface area contributed by atoms with Crippen molar-refractivity contribution in [1.29, 1.82) is 0 Å². The highest BCUT2D eigenvalue weighted by Gasteiger charge is 2.24. The van der Waals surface area contributed by atoms with E-state index in [1.807, 2.05) is 0 Å². The smallest absolute Gasteiger partial charge is 0.335 e. The van der Waals surface area contributed by atoms with E-state index >= 15 is 0 Å². The molecule has 1 unspecified atom stereocenters. The van der Waals surface area contributed by atoms with Gasteiger partial charge < -0.3 is 19.5 Å². The second-order valence-electron chi connectivity index (χ2n) is 4.97. The Morgan fingerprint density at radius 2 is 2.10 bits per heavy atom. The minimum absolute atomic E-state index is 0.0162. The topological polar surface area (TPSA) is 76.1 Å². The zero-order chi connectivity index (χ0) is 15.2. The van der Waals surface area contributed by atoms with Crippen LogP contribution in [0.15, 0.2) is 24.3 Å². The molecule has 1 aromatic carbocycles. The molecule has 1 atom stereocenters. The van der Waals surface area contributed by atoms with Crippen molar-refractivity contribution in [2.24, 2.45) is 0 Å². The van der Waals surface area contributed by atoms with Crippen molar-refractivity contribution in [3.05, 3.63) is 35.4 Å². The molecule has 0 bridgehead atoms. The molecule has 0 aromatic heterocycles. The molecule has 6 nitrogen and oxygen atoms in total. The number of carbonyl (C=O) groups is 2. The molecule has 0 radical (unpaired) electrons. The van der Waals surface area contributed by atoms with Crippen molar-refractivity contribution >= 4 is 11.9 Å². The zero-order valence-electron chi connectivity index (χ0n) is 11.9. The van der Waals surface area contributed by atoms with Gasteiger partial charge in [-0.3, -0.25) is 4.79 Å². The fourth-order valence-corrected chi connectivity index (χ4v) is 2.28. The molecule has 0 saturated carbocycles. The maximum atomic E-state index is 12.2. The van der Waals surface area contributed by atoms with E-state index in [0.717, 1.165) is 5.56 Å². The Morgan fingerprint density at radius 1 is 1.38 bits per heavy atom. The number of hydrogen-bond acceptors (Lipinski definition) is 4. The molecule has 1 amide bonds. The summed E-state index contributed by atoms with van der Waals surface area (Å²) >= 11 is 0. The summed E-state index contributed by atoms with van der Waals surface area (Å²) in [6.07, 6.45) is 0.182. The summed E-state index contributed by atoms with van der Waals surface area (Å²) in [7, 11) is 1.61. The summed E-state index contributed by atoms with van der Waals surface area (Å²) in [6, 6.07) is 6.37. The number of methoxy groups -OCH3 is 1. The van der Waals surface area contributed by atoms with Gasteiger partial charge in [-0.25, -0.2) is 4.79 Å². The summed E-state index contributed by atoms with van der Waals surface area (Å²) < 4.78 is 10.6. The van der Waals surface area contributed by atoms with Gasteiger partial charge in [0, 0.05) is 20.2 Å². The maximum absolute atomic E-state index is 12.2. The minimum atomic E-state index is -0.969. The largest absolute Gasteiger partial charge is 0.478 e. The maximum Gasteiger partial charge on any atom is 0.335 e. The van der Waals surface area contributed by atoms with Crippen LogP contribution >= 0.6 is 0 Å². The first-order valence-electron chi connectivity index (χ1n) is 6.80. The van der Waals surface area contributed by atoms with Gasteiger partial charge in [0.2, 0.25) is 5.91 Å².